The second-order valence-electron chi connectivity index (χ2n) is 7.42. The summed E-state index contributed by atoms with van der Waals surface area (Å²) in [6, 6.07) is 7.00. The molecule has 148 valence electrons. The van der Waals surface area contributed by atoms with Gasteiger partial charge in [0.15, 0.2) is 0 Å². The number of nitrogens with one attached hydrogen (secondary N) is 2. The Kier molecular flexibility index (Phi) is 6.79. The van der Waals surface area contributed by atoms with Gasteiger partial charge < -0.3 is 15.4 Å². The molecule has 0 bridgehead atoms. The third-order valence-electron chi connectivity index (χ3n) is 5.31. The monoisotopic (exact) mass is 377 g/mol. The van der Waals surface area contributed by atoms with Crippen LogP contribution in [0.25, 0.3) is 0 Å². The van der Waals surface area contributed by atoms with Crippen molar-refractivity contribution in [3.05, 3.63) is 35.4 Å². The standard InChI is InChI=1S/C20H28FN3O3/c1-14-9-18(6-8-27-14)24-7-5-17(13-24)23-19(25)12-22-20(26)16-4-2-3-15(10-16)11-21/h2-4,10,14,17-18H,5-9,11-13H2,1H3,(H,22,26)(H,23,25). The predicted octanol–water partition coefficient (Wildman–Crippen LogP) is 1.64. The van der Waals surface area contributed by atoms with Gasteiger partial charge >= 0.3 is 0 Å². The fraction of sp³-hybridized carbons (Fsp3) is 0.600. The second kappa shape index (κ2) is 9.28. The Balaban J connectivity index is 1.41. The Morgan fingerprint density at radius 3 is 2.96 bits per heavy atom. The number of halogens is 1. The number of benzene rings is 1. The van der Waals surface area contributed by atoms with E-state index in [2.05, 4.69) is 22.5 Å². The predicted molar refractivity (Wildman–Crippen MR) is 100 cm³/mol. The summed E-state index contributed by atoms with van der Waals surface area (Å²) in [4.78, 5) is 26.7. The van der Waals surface area contributed by atoms with Crippen molar-refractivity contribution in [2.75, 3.05) is 26.2 Å². The first-order chi connectivity index (χ1) is 13.0. The van der Waals surface area contributed by atoms with Crippen LogP contribution in [0.4, 0.5) is 4.39 Å². The minimum atomic E-state index is -0.619. The zero-order valence-corrected chi connectivity index (χ0v) is 15.7. The van der Waals surface area contributed by atoms with Crippen LogP contribution in [0.15, 0.2) is 24.3 Å². The summed E-state index contributed by atoms with van der Waals surface area (Å²) in [5.41, 5.74) is 0.805. The molecule has 0 aromatic heterocycles. The van der Waals surface area contributed by atoms with Gasteiger partial charge in [0.2, 0.25) is 5.91 Å². The molecule has 1 aromatic carbocycles. The van der Waals surface area contributed by atoms with E-state index in [4.69, 9.17) is 4.74 Å². The lowest BCUT2D eigenvalue weighted by atomic mass is 10.0. The van der Waals surface area contributed by atoms with Crippen molar-refractivity contribution >= 4 is 11.8 Å². The first-order valence-electron chi connectivity index (χ1n) is 9.63. The largest absolute Gasteiger partial charge is 0.378 e. The number of amides is 2. The van der Waals surface area contributed by atoms with E-state index in [0.717, 1.165) is 39.0 Å². The Labute approximate surface area is 159 Å². The molecule has 2 fully saturated rings. The second-order valence-corrected chi connectivity index (χ2v) is 7.42. The maximum absolute atomic E-state index is 12.7. The highest BCUT2D eigenvalue weighted by atomic mass is 19.1. The zero-order chi connectivity index (χ0) is 19.2. The van der Waals surface area contributed by atoms with Gasteiger partial charge in [0, 0.05) is 37.3 Å². The highest BCUT2D eigenvalue weighted by Crippen LogP contribution is 2.23. The molecule has 2 amide bonds. The van der Waals surface area contributed by atoms with Gasteiger partial charge in [-0.1, -0.05) is 12.1 Å². The first kappa shape index (κ1) is 19.8. The van der Waals surface area contributed by atoms with Crippen molar-refractivity contribution < 1.29 is 18.7 Å². The minimum Gasteiger partial charge on any atom is -0.378 e. The number of ether oxygens (including phenoxy) is 1. The molecule has 2 N–H and O–H groups in total. The van der Waals surface area contributed by atoms with Crippen LogP contribution in [0.2, 0.25) is 0 Å². The number of carbonyl (C=O) groups excluding carboxylic acids is 2. The lowest BCUT2D eigenvalue weighted by Gasteiger charge is -2.34. The molecule has 27 heavy (non-hydrogen) atoms. The number of likely N-dealkylation sites (tertiary alicyclic amines) is 1. The van der Waals surface area contributed by atoms with Gasteiger partial charge in [0.25, 0.3) is 5.91 Å². The van der Waals surface area contributed by atoms with Crippen LogP contribution in [0.1, 0.15) is 42.1 Å². The number of nitrogens with zero attached hydrogens (tertiary/aromatic N) is 1. The molecule has 2 aliphatic rings. The van der Waals surface area contributed by atoms with Crippen LogP contribution in [-0.2, 0) is 16.2 Å². The molecule has 0 aliphatic carbocycles. The molecule has 3 atom stereocenters. The van der Waals surface area contributed by atoms with Crippen LogP contribution >= 0.6 is 0 Å². The zero-order valence-electron chi connectivity index (χ0n) is 15.7. The normalized spacial score (nSPS) is 25.9. The number of hydrogen-bond donors (Lipinski definition) is 2. The number of carbonyl (C=O) groups is 2. The van der Waals surface area contributed by atoms with Crippen molar-refractivity contribution in [1.82, 2.24) is 15.5 Å². The topological polar surface area (TPSA) is 70.7 Å². The van der Waals surface area contributed by atoms with Gasteiger partial charge in [0.05, 0.1) is 12.6 Å². The minimum absolute atomic E-state index is 0.0799. The summed E-state index contributed by atoms with van der Waals surface area (Å²) in [7, 11) is 0. The summed E-state index contributed by atoms with van der Waals surface area (Å²) >= 11 is 0. The highest BCUT2D eigenvalue weighted by molar-refractivity contribution is 5.96. The van der Waals surface area contributed by atoms with Crippen LogP contribution in [0.3, 0.4) is 0 Å². The van der Waals surface area contributed by atoms with E-state index in [1.54, 1.807) is 18.2 Å². The summed E-state index contributed by atoms with van der Waals surface area (Å²) < 4.78 is 18.3. The molecule has 2 heterocycles. The molecule has 2 saturated heterocycles. The van der Waals surface area contributed by atoms with Crippen molar-refractivity contribution in [3.63, 3.8) is 0 Å². The average molecular weight is 377 g/mol. The van der Waals surface area contributed by atoms with Gasteiger partial charge in [-0.05, 0) is 43.9 Å². The Hall–Kier alpha value is -1.99. The van der Waals surface area contributed by atoms with E-state index in [-0.39, 0.29) is 24.4 Å². The third kappa shape index (κ3) is 5.49. The van der Waals surface area contributed by atoms with E-state index < -0.39 is 6.67 Å². The van der Waals surface area contributed by atoms with Crippen LogP contribution in [-0.4, -0.2) is 61.1 Å². The average Bonchev–Trinajstić information content (AvgIpc) is 3.14. The molecule has 2 aliphatic heterocycles. The van der Waals surface area contributed by atoms with E-state index >= 15 is 0 Å². The quantitative estimate of drug-likeness (QED) is 0.791. The fourth-order valence-electron chi connectivity index (χ4n) is 3.88. The Morgan fingerprint density at radius 2 is 2.19 bits per heavy atom. The smallest absolute Gasteiger partial charge is 0.251 e. The summed E-state index contributed by atoms with van der Waals surface area (Å²) in [6.07, 6.45) is 3.29. The number of rotatable bonds is 6. The van der Waals surface area contributed by atoms with Crippen LogP contribution < -0.4 is 10.6 Å². The maximum Gasteiger partial charge on any atom is 0.251 e. The molecular formula is C20H28FN3O3. The maximum atomic E-state index is 12.7. The van der Waals surface area contributed by atoms with Gasteiger partial charge in [-0.3, -0.25) is 14.5 Å². The lowest BCUT2D eigenvalue weighted by molar-refractivity contribution is -0.120. The first-order valence-corrected chi connectivity index (χ1v) is 9.63. The van der Waals surface area contributed by atoms with Gasteiger partial charge in [-0.15, -0.1) is 0 Å². The molecule has 3 unspecified atom stereocenters. The van der Waals surface area contributed by atoms with Crippen molar-refractivity contribution in [2.24, 2.45) is 0 Å². The van der Waals surface area contributed by atoms with Gasteiger partial charge in [0.1, 0.15) is 6.67 Å². The molecular weight excluding hydrogens is 349 g/mol. The van der Waals surface area contributed by atoms with Crippen molar-refractivity contribution in [3.8, 4) is 0 Å². The van der Waals surface area contributed by atoms with Crippen LogP contribution in [0, 0.1) is 0 Å². The van der Waals surface area contributed by atoms with Crippen molar-refractivity contribution in [1.29, 1.82) is 0 Å². The molecule has 1 aromatic rings. The van der Waals surface area contributed by atoms with E-state index in [1.807, 2.05) is 0 Å². The summed E-state index contributed by atoms with van der Waals surface area (Å²) in [5, 5.41) is 5.60. The van der Waals surface area contributed by atoms with E-state index in [0.29, 0.717) is 23.3 Å². The molecule has 0 saturated carbocycles. The number of alkyl halides is 1. The molecule has 0 radical (unpaired) electrons. The van der Waals surface area contributed by atoms with E-state index in [1.165, 1.54) is 6.07 Å². The van der Waals surface area contributed by atoms with E-state index in [9.17, 15) is 14.0 Å². The molecule has 7 heteroatoms. The fourth-order valence-corrected chi connectivity index (χ4v) is 3.88. The Bertz CT molecular complexity index is 670. The molecule has 6 nitrogen and oxygen atoms in total. The lowest BCUT2D eigenvalue weighted by Crippen LogP contribution is -2.45. The van der Waals surface area contributed by atoms with Crippen molar-refractivity contribution in [2.45, 2.75) is 51.0 Å². The SMILES string of the molecule is CC1CC(N2CCC(NC(=O)CNC(=O)c3cccc(CF)c3)C2)CCO1. The highest BCUT2D eigenvalue weighted by Gasteiger charge is 2.31. The third-order valence-corrected chi connectivity index (χ3v) is 5.31. The molecule has 0 spiro atoms. The molecule has 3 rings (SSSR count). The van der Waals surface area contributed by atoms with Crippen LogP contribution in [0.5, 0.6) is 0 Å². The van der Waals surface area contributed by atoms with Gasteiger partial charge in [-0.25, -0.2) is 4.39 Å². The summed E-state index contributed by atoms with van der Waals surface area (Å²) in [5.74, 6) is -0.568. The van der Waals surface area contributed by atoms with Gasteiger partial charge in [-0.2, -0.15) is 0 Å². The summed E-state index contributed by atoms with van der Waals surface area (Å²) in [6.45, 7) is 4.03. The number of hydrogen-bond acceptors (Lipinski definition) is 4. The Morgan fingerprint density at radius 1 is 1.33 bits per heavy atom.